The molecule has 0 unspecified atom stereocenters. The van der Waals surface area contributed by atoms with Gasteiger partial charge in [-0.15, -0.1) is 5.10 Å². The quantitative estimate of drug-likeness (QED) is 0.737. The van der Waals surface area contributed by atoms with E-state index < -0.39 is 11.6 Å². The van der Waals surface area contributed by atoms with Gasteiger partial charge in [-0.1, -0.05) is 0 Å². The van der Waals surface area contributed by atoms with Gasteiger partial charge in [0.1, 0.15) is 11.6 Å². The van der Waals surface area contributed by atoms with Crippen molar-refractivity contribution in [2.45, 2.75) is 0 Å². The average molecular weight is 342 g/mol. The highest BCUT2D eigenvalue weighted by molar-refractivity contribution is 5.61. The minimum absolute atomic E-state index is 0.0654. The summed E-state index contributed by atoms with van der Waals surface area (Å²) in [6.07, 6.45) is 1.45. The number of benzene rings is 2. The Balaban J connectivity index is 1.75. The van der Waals surface area contributed by atoms with E-state index in [0.29, 0.717) is 5.82 Å². The van der Waals surface area contributed by atoms with Gasteiger partial charge in [-0.2, -0.15) is 10.1 Å². The van der Waals surface area contributed by atoms with Crippen LogP contribution < -0.4 is 15.5 Å². The van der Waals surface area contributed by atoms with Crippen LogP contribution in [0.1, 0.15) is 0 Å². The molecule has 0 saturated heterocycles. The molecule has 0 aliphatic heterocycles. The van der Waals surface area contributed by atoms with Crippen molar-refractivity contribution in [3.05, 3.63) is 60.3 Å². The number of aromatic nitrogens is 3. The topological polar surface area (TPSA) is 66.0 Å². The third-order valence-electron chi connectivity index (χ3n) is 3.39. The van der Waals surface area contributed by atoms with Crippen LogP contribution in [0.3, 0.4) is 0 Å². The number of nitrogens with one attached hydrogen (secondary N) is 2. The molecule has 1 heterocycles. The lowest BCUT2D eigenvalue weighted by Gasteiger charge is -2.13. The van der Waals surface area contributed by atoms with Gasteiger partial charge >= 0.3 is 0 Å². The van der Waals surface area contributed by atoms with Crippen LogP contribution in [-0.4, -0.2) is 29.3 Å². The third kappa shape index (κ3) is 4.17. The molecule has 0 atom stereocenters. The lowest BCUT2D eigenvalue weighted by atomic mass is 10.2. The summed E-state index contributed by atoms with van der Waals surface area (Å²) in [4.78, 5) is 6.21. The Morgan fingerprint density at radius 3 is 2.40 bits per heavy atom. The highest BCUT2D eigenvalue weighted by Gasteiger charge is 2.07. The fraction of sp³-hybridized carbons (Fsp3) is 0.118. The van der Waals surface area contributed by atoms with E-state index in [1.807, 2.05) is 43.3 Å². The fourth-order valence-corrected chi connectivity index (χ4v) is 2.12. The molecule has 6 nitrogen and oxygen atoms in total. The van der Waals surface area contributed by atoms with Crippen molar-refractivity contribution in [2.75, 3.05) is 29.6 Å². The zero-order valence-electron chi connectivity index (χ0n) is 13.7. The summed E-state index contributed by atoms with van der Waals surface area (Å²) in [6.45, 7) is 0. The maximum atomic E-state index is 13.7. The minimum atomic E-state index is -0.735. The molecule has 3 aromatic rings. The van der Waals surface area contributed by atoms with Crippen molar-refractivity contribution >= 4 is 28.8 Å². The number of hydrogen-bond acceptors (Lipinski definition) is 6. The fourth-order valence-electron chi connectivity index (χ4n) is 2.12. The molecule has 3 rings (SSSR count). The van der Waals surface area contributed by atoms with E-state index in [4.69, 9.17) is 0 Å². The SMILES string of the molecule is CN(C)c1ccc(Nc2cnnc(Nc3ccc(F)cc3F)n2)cc1. The Kier molecular flexibility index (Phi) is 4.69. The summed E-state index contributed by atoms with van der Waals surface area (Å²) < 4.78 is 26.6. The Morgan fingerprint density at radius 1 is 0.960 bits per heavy atom. The molecule has 2 N–H and O–H groups in total. The van der Waals surface area contributed by atoms with Crippen LogP contribution >= 0.6 is 0 Å². The van der Waals surface area contributed by atoms with Crippen molar-refractivity contribution in [1.29, 1.82) is 0 Å². The average Bonchev–Trinajstić information content (AvgIpc) is 2.58. The molecule has 0 aliphatic carbocycles. The lowest BCUT2D eigenvalue weighted by Crippen LogP contribution is -2.08. The predicted octanol–water partition coefficient (Wildman–Crippen LogP) is 3.70. The van der Waals surface area contributed by atoms with Gasteiger partial charge in [0.25, 0.3) is 0 Å². The Bertz CT molecular complexity index is 867. The molecule has 0 saturated carbocycles. The van der Waals surface area contributed by atoms with E-state index in [1.165, 1.54) is 12.3 Å². The molecule has 0 radical (unpaired) electrons. The summed E-state index contributed by atoms with van der Waals surface area (Å²) in [7, 11) is 3.92. The van der Waals surface area contributed by atoms with Crippen LogP contribution in [0.5, 0.6) is 0 Å². The second kappa shape index (κ2) is 7.08. The van der Waals surface area contributed by atoms with E-state index >= 15 is 0 Å². The molecule has 0 amide bonds. The molecular formula is C17H16F2N6. The van der Waals surface area contributed by atoms with Crippen LogP contribution in [0.4, 0.5) is 37.6 Å². The maximum absolute atomic E-state index is 13.7. The van der Waals surface area contributed by atoms with Crippen LogP contribution in [-0.2, 0) is 0 Å². The minimum Gasteiger partial charge on any atom is -0.378 e. The molecule has 2 aromatic carbocycles. The van der Waals surface area contributed by atoms with E-state index in [2.05, 4.69) is 25.8 Å². The predicted molar refractivity (Wildman–Crippen MR) is 93.5 cm³/mol. The summed E-state index contributed by atoms with van der Waals surface area (Å²) >= 11 is 0. The number of rotatable bonds is 5. The molecule has 0 fully saturated rings. The van der Waals surface area contributed by atoms with Gasteiger partial charge in [0.2, 0.25) is 5.95 Å². The first-order chi connectivity index (χ1) is 12.0. The van der Waals surface area contributed by atoms with Gasteiger partial charge in [0.05, 0.1) is 11.9 Å². The molecule has 128 valence electrons. The molecule has 0 bridgehead atoms. The number of nitrogens with zero attached hydrogens (tertiary/aromatic N) is 4. The number of hydrogen-bond donors (Lipinski definition) is 2. The zero-order valence-corrected chi connectivity index (χ0v) is 13.7. The van der Waals surface area contributed by atoms with Crippen molar-refractivity contribution in [2.24, 2.45) is 0 Å². The van der Waals surface area contributed by atoms with E-state index in [9.17, 15) is 8.78 Å². The molecule has 0 aliphatic rings. The monoisotopic (exact) mass is 342 g/mol. The van der Waals surface area contributed by atoms with Crippen molar-refractivity contribution in [3.63, 3.8) is 0 Å². The van der Waals surface area contributed by atoms with Crippen LogP contribution in [0.25, 0.3) is 0 Å². The Morgan fingerprint density at radius 2 is 1.72 bits per heavy atom. The standard InChI is InChI=1S/C17H16F2N6/c1-25(2)13-6-4-12(5-7-13)21-16-10-20-24-17(23-16)22-15-8-3-11(18)9-14(15)19/h3-10H,1-2H3,(H2,21,22,23,24). The van der Waals surface area contributed by atoms with Crippen LogP contribution in [0.15, 0.2) is 48.7 Å². The second-order valence-corrected chi connectivity index (χ2v) is 5.48. The van der Waals surface area contributed by atoms with Gasteiger partial charge in [0.15, 0.2) is 5.82 Å². The zero-order chi connectivity index (χ0) is 17.8. The third-order valence-corrected chi connectivity index (χ3v) is 3.39. The van der Waals surface area contributed by atoms with Crippen molar-refractivity contribution in [3.8, 4) is 0 Å². The Labute approximate surface area is 143 Å². The summed E-state index contributed by atoms with van der Waals surface area (Å²) in [5.74, 6) is -0.849. The molecule has 1 aromatic heterocycles. The summed E-state index contributed by atoms with van der Waals surface area (Å²) in [5, 5.41) is 13.4. The van der Waals surface area contributed by atoms with E-state index in [1.54, 1.807) is 0 Å². The van der Waals surface area contributed by atoms with Crippen molar-refractivity contribution in [1.82, 2.24) is 15.2 Å². The van der Waals surface area contributed by atoms with Crippen LogP contribution in [0, 0.1) is 11.6 Å². The largest absolute Gasteiger partial charge is 0.378 e. The van der Waals surface area contributed by atoms with Gasteiger partial charge in [0, 0.05) is 31.5 Å². The first-order valence-corrected chi connectivity index (χ1v) is 7.47. The number of halogens is 2. The molecular weight excluding hydrogens is 326 g/mol. The highest BCUT2D eigenvalue weighted by atomic mass is 19.1. The maximum Gasteiger partial charge on any atom is 0.249 e. The first kappa shape index (κ1) is 16.6. The molecule has 8 heteroatoms. The van der Waals surface area contributed by atoms with Gasteiger partial charge in [-0.05, 0) is 36.4 Å². The van der Waals surface area contributed by atoms with Gasteiger partial charge in [-0.3, -0.25) is 0 Å². The second-order valence-electron chi connectivity index (χ2n) is 5.48. The summed E-state index contributed by atoms with van der Waals surface area (Å²) in [6, 6.07) is 10.9. The van der Waals surface area contributed by atoms with Gasteiger partial charge in [-0.25, -0.2) is 8.78 Å². The van der Waals surface area contributed by atoms with E-state index in [0.717, 1.165) is 23.5 Å². The normalized spacial score (nSPS) is 10.4. The van der Waals surface area contributed by atoms with Crippen molar-refractivity contribution < 1.29 is 8.78 Å². The van der Waals surface area contributed by atoms with E-state index in [-0.39, 0.29) is 11.6 Å². The first-order valence-electron chi connectivity index (χ1n) is 7.47. The summed E-state index contributed by atoms with van der Waals surface area (Å²) in [5.41, 5.74) is 1.96. The molecule has 0 spiro atoms. The smallest absolute Gasteiger partial charge is 0.249 e. The van der Waals surface area contributed by atoms with Gasteiger partial charge < -0.3 is 15.5 Å². The molecule has 25 heavy (non-hydrogen) atoms. The Hall–Kier alpha value is -3.29. The highest BCUT2D eigenvalue weighted by Crippen LogP contribution is 2.21. The van der Waals surface area contributed by atoms with Crippen LogP contribution in [0.2, 0.25) is 0 Å². The lowest BCUT2D eigenvalue weighted by molar-refractivity contribution is 0.586. The number of anilines is 5.